The van der Waals surface area contributed by atoms with Crippen molar-refractivity contribution in [1.82, 2.24) is 5.32 Å². The number of para-hydroxylation sites is 2. The monoisotopic (exact) mass is 381 g/mol. The maximum atomic E-state index is 12.8. The van der Waals surface area contributed by atoms with Crippen LogP contribution in [0.5, 0.6) is 11.5 Å². The minimum Gasteiger partial charge on any atom is -0.497 e. The largest absolute Gasteiger partial charge is 0.497 e. The maximum Gasteiger partial charge on any atom is 0.335 e. The standard InChI is InChI=1S/C20H19N3O5/c1-3-28-17-7-5-4-6-16(17)21-12-15-18(24)22-20(26)23(19(15)25)13-8-10-14(27-2)11-9-13/h4-12,15H,3H2,1-2H3,(H,22,24,26). The lowest BCUT2D eigenvalue weighted by Gasteiger charge is -2.28. The molecule has 1 aliphatic rings. The number of nitrogens with zero attached hydrogens (tertiary/aromatic N) is 2. The fourth-order valence-corrected chi connectivity index (χ4v) is 2.69. The molecule has 1 unspecified atom stereocenters. The van der Waals surface area contributed by atoms with Gasteiger partial charge in [-0.25, -0.2) is 9.69 Å². The first kappa shape index (κ1) is 19.1. The van der Waals surface area contributed by atoms with Gasteiger partial charge in [-0.15, -0.1) is 0 Å². The Balaban J connectivity index is 1.87. The van der Waals surface area contributed by atoms with Crippen LogP contribution in [0.2, 0.25) is 0 Å². The number of urea groups is 1. The van der Waals surface area contributed by atoms with E-state index in [0.29, 0.717) is 29.5 Å². The molecule has 0 spiro atoms. The lowest BCUT2D eigenvalue weighted by Crippen LogP contribution is -2.58. The van der Waals surface area contributed by atoms with Crippen LogP contribution < -0.4 is 19.7 Å². The summed E-state index contributed by atoms with van der Waals surface area (Å²) < 4.78 is 10.6. The second-order valence-corrected chi connectivity index (χ2v) is 5.82. The predicted molar refractivity (Wildman–Crippen MR) is 103 cm³/mol. The Morgan fingerprint density at radius 1 is 1.11 bits per heavy atom. The summed E-state index contributed by atoms with van der Waals surface area (Å²) in [6.45, 7) is 2.30. The van der Waals surface area contributed by atoms with Crippen LogP contribution in [0, 0.1) is 5.92 Å². The number of ether oxygens (including phenoxy) is 2. The van der Waals surface area contributed by atoms with Gasteiger partial charge in [0.25, 0.3) is 5.91 Å². The molecule has 1 atom stereocenters. The zero-order chi connectivity index (χ0) is 20.1. The molecule has 144 valence electrons. The first-order chi connectivity index (χ1) is 13.5. The van der Waals surface area contributed by atoms with Gasteiger partial charge in [0.1, 0.15) is 17.2 Å². The smallest absolute Gasteiger partial charge is 0.335 e. The molecule has 0 aliphatic carbocycles. The number of methoxy groups -OCH3 is 1. The minimum absolute atomic E-state index is 0.323. The van der Waals surface area contributed by atoms with Gasteiger partial charge in [-0.05, 0) is 43.3 Å². The normalized spacial score (nSPS) is 17.0. The number of nitrogens with one attached hydrogen (secondary N) is 1. The molecule has 0 saturated carbocycles. The Kier molecular flexibility index (Phi) is 5.69. The Bertz CT molecular complexity index is 924. The number of anilines is 1. The van der Waals surface area contributed by atoms with Gasteiger partial charge in [-0.2, -0.15) is 0 Å². The topological polar surface area (TPSA) is 97.3 Å². The number of benzene rings is 2. The fourth-order valence-electron chi connectivity index (χ4n) is 2.69. The van der Waals surface area contributed by atoms with Crippen molar-refractivity contribution in [2.24, 2.45) is 10.9 Å². The lowest BCUT2D eigenvalue weighted by molar-refractivity contribution is -0.131. The fraction of sp³-hybridized carbons (Fsp3) is 0.200. The summed E-state index contributed by atoms with van der Waals surface area (Å²) in [6, 6.07) is 12.6. The number of amides is 4. The van der Waals surface area contributed by atoms with Crippen molar-refractivity contribution in [2.75, 3.05) is 18.6 Å². The van der Waals surface area contributed by atoms with E-state index in [1.54, 1.807) is 48.5 Å². The van der Waals surface area contributed by atoms with E-state index in [4.69, 9.17) is 9.47 Å². The molecule has 0 aromatic heterocycles. The quantitative estimate of drug-likeness (QED) is 0.613. The van der Waals surface area contributed by atoms with Crippen LogP contribution in [0.3, 0.4) is 0 Å². The number of aliphatic imine (C=N–C) groups is 1. The van der Waals surface area contributed by atoms with E-state index in [2.05, 4.69) is 10.3 Å². The highest BCUT2D eigenvalue weighted by molar-refractivity contribution is 6.32. The highest BCUT2D eigenvalue weighted by atomic mass is 16.5. The predicted octanol–water partition coefficient (Wildman–Crippen LogP) is 2.70. The third-order valence-electron chi connectivity index (χ3n) is 4.06. The van der Waals surface area contributed by atoms with Crippen LogP contribution in [0.4, 0.5) is 16.2 Å². The third-order valence-corrected chi connectivity index (χ3v) is 4.06. The van der Waals surface area contributed by atoms with Crippen molar-refractivity contribution >= 4 is 35.4 Å². The van der Waals surface area contributed by atoms with Crippen LogP contribution in [0.25, 0.3) is 0 Å². The Morgan fingerprint density at radius 2 is 1.82 bits per heavy atom. The number of hydrogen-bond acceptors (Lipinski definition) is 6. The average Bonchev–Trinajstić information content (AvgIpc) is 2.69. The molecule has 4 amide bonds. The van der Waals surface area contributed by atoms with Gasteiger partial charge in [0.2, 0.25) is 5.91 Å². The lowest BCUT2D eigenvalue weighted by atomic mass is 10.1. The number of barbiturate groups is 1. The molecule has 0 radical (unpaired) electrons. The molecule has 8 heteroatoms. The van der Waals surface area contributed by atoms with E-state index in [1.807, 2.05) is 6.92 Å². The molecule has 1 heterocycles. The Hall–Kier alpha value is -3.68. The maximum absolute atomic E-state index is 12.8. The van der Waals surface area contributed by atoms with Crippen molar-refractivity contribution in [3.05, 3.63) is 48.5 Å². The summed E-state index contributed by atoms with van der Waals surface area (Å²) in [5, 5.41) is 2.19. The first-order valence-corrected chi connectivity index (χ1v) is 8.64. The van der Waals surface area contributed by atoms with Crippen LogP contribution in [-0.2, 0) is 9.59 Å². The minimum atomic E-state index is -1.24. The van der Waals surface area contributed by atoms with Crippen LogP contribution >= 0.6 is 0 Å². The van der Waals surface area contributed by atoms with Gasteiger partial charge >= 0.3 is 6.03 Å². The van der Waals surface area contributed by atoms with E-state index in [0.717, 1.165) is 4.90 Å². The Morgan fingerprint density at radius 3 is 2.50 bits per heavy atom. The van der Waals surface area contributed by atoms with Crippen LogP contribution in [0.15, 0.2) is 53.5 Å². The van der Waals surface area contributed by atoms with Crippen molar-refractivity contribution in [2.45, 2.75) is 6.92 Å². The van der Waals surface area contributed by atoms with E-state index < -0.39 is 23.8 Å². The van der Waals surface area contributed by atoms with Gasteiger partial charge in [-0.3, -0.25) is 19.9 Å². The van der Waals surface area contributed by atoms with E-state index >= 15 is 0 Å². The van der Waals surface area contributed by atoms with Crippen LogP contribution in [0.1, 0.15) is 6.92 Å². The molecule has 3 rings (SSSR count). The molecular weight excluding hydrogens is 362 g/mol. The molecule has 1 saturated heterocycles. The van der Waals surface area contributed by atoms with Gasteiger partial charge in [-0.1, -0.05) is 12.1 Å². The molecule has 8 nitrogen and oxygen atoms in total. The highest BCUT2D eigenvalue weighted by Gasteiger charge is 2.40. The van der Waals surface area contributed by atoms with Crippen molar-refractivity contribution < 1.29 is 23.9 Å². The second-order valence-electron chi connectivity index (χ2n) is 5.82. The summed E-state index contributed by atoms with van der Waals surface area (Å²) in [7, 11) is 1.51. The van der Waals surface area contributed by atoms with Gasteiger partial charge in [0.15, 0.2) is 5.92 Å². The van der Waals surface area contributed by atoms with E-state index in [1.165, 1.54) is 13.3 Å². The van der Waals surface area contributed by atoms with Crippen LogP contribution in [-0.4, -0.2) is 37.8 Å². The third kappa shape index (κ3) is 3.85. The summed E-state index contributed by atoms with van der Waals surface area (Å²) in [6.07, 6.45) is 1.22. The molecule has 1 fully saturated rings. The number of carbonyl (C=O) groups is 3. The molecule has 1 aliphatic heterocycles. The highest BCUT2D eigenvalue weighted by Crippen LogP contribution is 2.28. The number of hydrogen-bond donors (Lipinski definition) is 1. The SMILES string of the molecule is CCOc1ccccc1N=CC1C(=O)NC(=O)N(c2ccc(OC)cc2)C1=O. The molecular formula is C20H19N3O5. The molecule has 0 bridgehead atoms. The second kappa shape index (κ2) is 8.34. The average molecular weight is 381 g/mol. The number of imide groups is 2. The van der Waals surface area contributed by atoms with Crippen molar-refractivity contribution in [1.29, 1.82) is 0 Å². The molecule has 1 N–H and O–H groups in total. The first-order valence-electron chi connectivity index (χ1n) is 8.64. The van der Waals surface area contributed by atoms with Gasteiger partial charge in [0, 0.05) is 6.21 Å². The summed E-state index contributed by atoms with van der Waals surface area (Å²) in [4.78, 5) is 42.4. The number of carbonyl (C=O) groups excluding carboxylic acids is 3. The van der Waals surface area contributed by atoms with E-state index in [-0.39, 0.29) is 0 Å². The molecule has 2 aromatic carbocycles. The van der Waals surface area contributed by atoms with Gasteiger partial charge < -0.3 is 9.47 Å². The zero-order valence-corrected chi connectivity index (χ0v) is 15.4. The zero-order valence-electron chi connectivity index (χ0n) is 15.4. The molecule has 28 heavy (non-hydrogen) atoms. The molecule has 2 aromatic rings. The summed E-state index contributed by atoms with van der Waals surface area (Å²) >= 11 is 0. The van der Waals surface area contributed by atoms with Crippen molar-refractivity contribution in [3.63, 3.8) is 0 Å². The van der Waals surface area contributed by atoms with Crippen molar-refractivity contribution in [3.8, 4) is 11.5 Å². The van der Waals surface area contributed by atoms with E-state index in [9.17, 15) is 14.4 Å². The summed E-state index contributed by atoms with van der Waals surface area (Å²) in [5.74, 6) is -1.54. The number of rotatable bonds is 6. The van der Waals surface area contributed by atoms with Gasteiger partial charge in [0.05, 0.1) is 19.4 Å². The summed E-state index contributed by atoms with van der Waals surface area (Å²) in [5.41, 5.74) is 0.807. The Labute approximate surface area is 161 Å².